The molecule has 0 radical (unpaired) electrons. The number of carbonyl (C=O) groups is 2. The Balaban J connectivity index is 1.68. The van der Waals surface area contributed by atoms with Crippen molar-refractivity contribution in [1.29, 1.82) is 0 Å². The zero-order valence-corrected chi connectivity index (χ0v) is 15.0. The van der Waals surface area contributed by atoms with Crippen LogP contribution in [-0.4, -0.2) is 69.5 Å². The normalized spacial score (nSPS) is 14.5. The lowest BCUT2D eigenvalue weighted by Gasteiger charge is -2.33. The molecule has 2 amide bonds. The summed E-state index contributed by atoms with van der Waals surface area (Å²) in [5.41, 5.74) is 0.672. The second kappa shape index (κ2) is 7.56. The maximum Gasteiger partial charge on any atom is 0.409 e. The minimum atomic E-state index is -0.327. The minimum Gasteiger partial charge on any atom is -0.450 e. The molecule has 3 rings (SSSR count). The molecule has 1 fully saturated rings. The zero-order valence-electron chi connectivity index (χ0n) is 14.1. The Morgan fingerprint density at radius 3 is 2.44 bits per heavy atom. The molecule has 0 spiro atoms. The number of nitrogens with zero attached hydrogens (tertiary/aromatic N) is 5. The van der Waals surface area contributed by atoms with Gasteiger partial charge in [0.1, 0.15) is 4.88 Å². The number of aryl methyl sites for hydroxylation is 1. The molecule has 0 unspecified atom stereocenters. The molecule has 8 nitrogen and oxygen atoms in total. The van der Waals surface area contributed by atoms with E-state index < -0.39 is 0 Å². The molecule has 0 aliphatic carbocycles. The van der Waals surface area contributed by atoms with E-state index in [4.69, 9.17) is 4.74 Å². The first-order valence-electron chi connectivity index (χ1n) is 8.06. The van der Waals surface area contributed by atoms with Crippen LogP contribution in [0.3, 0.4) is 0 Å². The van der Waals surface area contributed by atoms with E-state index >= 15 is 0 Å². The third-order valence-electron chi connectivity index (χ3n) is 3.84. The molecule has 1 aliphatic heterocycles. The third-order valence-corrected chi connectivity index (χ3v) is 4.98. The summed E-state index contributed by atoms with van der Waals surface area (Å²) in [6, 6.07) is 1.74. The van der Waals surface area contributed by atoms with Gasteiger partial charge in [0.15, 0.2) is 10.8 Å². The molecule has 0 saturated carbocycles. The Morgan fingerprint density at radius 1 is 1.16 bits per heavy atom. The number of carbonyl (C=O) groups excluding carboxylic acids is 2. The third kappa shape index (κ3) is 3.76. The average molecular weight is 361 g/mol. The summed E-state index contributed by atoms with van der Waals surface area (Å²) in [4.78, 5) is 41.3. The number of hydrogen-bond donors (Lipinski definition) is 0. The Kier molecular flexibility index (Phi) is 5.22. The van der Waals surface area contributed by atoms with Crippen LogP contribution in [0.15, 0.2) is 18.5 Å². The second-order valence-electron chi connectivity index (χ2n) is 5.48. The highest BCUT2D eigenvalue weighted by Gasteiger charge is 2.28. The van der Waals surface area contributed by atoms with E-state index in [-0.39, 0.29) is 12.0 Å². The van der Waals surface area contributed by atoms with E-state index in [0.29, 0.717) is 54.2 Å². The highest BCUT2D eigenvalue weighted by molar-refractivity contribution is 7.17. The van der Waals surface area contributed by atoms with Crippen LogP contribution >= 0.6 is 11.3 Å². The number of rotatable bonds is 3. The van der Waals surface area contributed by atoms with E-state index in [9.17, 15) is 9.59 Å². The van der Waals surface area contributed by atoms with Crippen LogP contribution in [0.1, 0.15) is 22.3 Å². The highest BCUT2D eigenvalue weighted by atomic mass is 32.1. The van der Waals surface area contributed by atoms with Gasteiger partial charge in [-0.3, -0.25) is 4.79 Å². The van der Waals surface area contributed by atoms with E-state index in [2.05, 4.69) is 15.0 Å². The molecular formula is C16H19N5O3S. The van der Waals surface area contributed by atoms with Crippen LogP contribution in [0, 0.1) is 6.92 Å². The highest BCUT2D eigenvalue weighted by Crippen LogP contribution is 2.26. The topological polar surface area (TPSA) is 88.5 Å². The number of ether oxygens (including phenoxy) is 1. The van der Waals surface area contributed by atoms with Gasteiger partial charge in [-0.1, -0.05) is 0 Å². The summed E-state index contributed by atoms with van der Waals surface area (Å²) in [6.45, 7) is 5.83. The lowest BCUT2D eigenvalue weighted by molar-refractivity contribution is 0.0573. The number of aromatic nitrogens is 3. The molecule has 25 heavy (non-hydrogen) atoms. The number of hydrogen-bond acceptors (Lipinski definition) is 7. The first kappa shape index (κ1) is 17.3. The van der Waals surface area contributed by atoms with Crippen molar-refractivity contribution in [2.45, 2.75) is 13.8 Å². The zero-order chi connectivity index (χ0) is 17.8. The van der Waals surface area contributed by atoms with E-state index in [1.165, 1.54) is 11.3 Å². The SMILES string of the molecule is CCOC(=O)N1CCN(C(=O)c2sc(-c3ncccn3)nc2C)CC1. The maximum atomic E-state index is 12.8. The summed E-state index contributed by atoms with van der Waals surface area (Å²) < 4.78 is 4.99. The van der Waals surface area contributed by atoms with E-state index in [1.54, 1.807) is 35.2 Å². The van der Waals surface area contributed by atoms with Crippen LogP contribution in [0.4, 0.5) is 4.79 Å². The molecule has 0 N–H and O–H groups in total. The maximum absolute atomic E-state index is 12.8. The average Bonchev–Trinajstić information content (AvgIpc) is 3.04. The minimum absolute atomic E-state index is 0.0688. The molecule has 0 bridgehead atoms. The lowest BCUT2D eigenvalue weighted by Crippen LogP contribution is -2.50. The molecule has 1 saturated heterocycles. The fraction of sp³-hybridized carbons (Fsp3) is 0.438. The van der Waals surface area contributed by atoms with Gasteiger partial charge in [-0.05, 0) is 19.9 Å². The molecule has 132 valence electrons. The number of thiazole rings is 1. The van der Waals surface area contributed by atoms with Crippen LogP contribution < -0.4 is 0 Å². The Labute approximate surface area is 149 Å². The number of piperazine rings is 1. The summed E-state index contributed by atoms with van der Waals surface area (Å²) in [5.74, 6) is 0.447. The van der Waals surface area contributed by atoms with Crippen molar-refractivity contribution in [1.82, 2.24) is 24.8 Å². The van der Waals surface area contributed by atoms with Gasteiger partial charge < -0.3 is 14.5 Å². The molecule has 3 heterocycles. The van der Waals surface area contributed by atoms with Gasteiger partial charge in [0.05, 0.1) is 12.3 Å². The molecule has 2 aromatic rings. The molecule has 2 aromatic heterocycles. The van der Waals surface area contributed by atoms with Crippen molar-refractivity contribution < 1.29 is 14.3 Å². The van der Waals surface area contributed by atoms with Gasteiger partial charge in [0.25, 0.3) is 5.91 Å². The van der Waals surface area contributed by atoms with Crippen LogP contribution in [-0.2, 0) is 4.74 Å². The van der Waals surface area contributed by atoms with Crippen molar-refractivity contribution in [2.75, 3.05) is 32.8 Å². The molecule has 1 aliphatic rings. The van der Waals surface area contributed by atoms with Crippen molar-refractivity contribution in [3.05, 3.63) is 29.0 Å². The van der Waals surface area contributed by atoms with Crippen molar-refractivity contribution in [3.63, 3.8) is 0 Å². The summed E-state index contributed by atoms with van der Waals surface area (Å²) >= 11 is 1.30. The van der Waals surface area contributed by atoms with Crippen LogP contribution in [0.25, 0.3) is 10.8 Å². The van der Waals surface area contributed by atoms with Gasteiger partial charge in [-0.25, -0.2) is 19.7 Å². The Morgan fingerprint density at radius 2 is 1.80 bits per heavy atom. The molecule has 0 aromatic carbocycles. The Hall–Kier alpha value is -2.55. The summed E-state index contributed by atoms with van der Waals surface area (Å²) in [7, 11) is 0. The largest absolute Gasteiger partial charge is 0.450 e. The first-order valence-corrected chi connectivity index (χ1v) is 8.87. The van der Waals surface area contributed by atoms with Crippen LogP contribution in [0.5, 0.6) is 0 Å². The molecule has 0 atom stereocenters. The van der Waals surface area contributed by atoms with Gasteiger partial charge in [-0.2, -0.15) is 0 Å². The summed E-state index contributed by atoms with van der Waals surface area (Å²) in [5, 5.41) is 0.631. The van der Waals surface area contributed by atoms with E-state index in [1.807, 2.05) is 6.92 Å². The van der Waals surface area contributed by atoms with Crippen LogP contribution in [0.2, 0.25) is 0 Å². The quantitative estimate of drug-likeness (QED) is 0.829. The second-order valence-corrected chi connectivity index (χ2v) is 6.48. The fourth-order valence-corrected chi connectivity index (χ4v) is 3.53. The van der Waals surface area contributed by atoms with Gasteiger partial charge in [0, 0.05) is 38.6 Å². The van der Waals surface area contributed by atoms with Gasteiger partial charge >= 0.3 is 6.09 Å². The number of amides is 2. The lowest BCUT2D eigenvalue weighted by atomic mass is 10.3. The predicted octanol–water partition coefficient (Wildman–Crippen LogP) is 1.82. The van der Waals surface area contributed by atoms with Gasteiger partial charge in [0.2, 0.25) is 0 Å². The standard InChI is InChI=1S/C16H19N5O3S/c1-3-24-16(23)21-9-7-20(8-10-21)15(22)12-11(2)19-14(25-12)13-17-5-4-6-18-13/h4-6H,3,7-10H2,1-2H3. The molecular weight excluding hydrogens is 342 g/mol. The van der Waals surface area contributed by atoms with Crippen molar-refractivity contribution in [2.24, 2.45) is 0 Å². The summed E-state index contributed by atoms with van der Waals surface area (Å²) in [6.07, 6.45) is 2.97. The molecule has 9 heteroatoms. The predicted molar refractivity (Wildman–Crippen MR) is 92.4 cm³/mol. The van der Waals surface area contributed by atoms with Gasteiger partial charge in [-0.15, -0.1) is 11.3 Å². The monoisotopic (exact) mass is 361 g/mol. The Bertz CT molecular complexity index is 756. The fourth-order valence-electron chi connectivity index (χ4n) is 2.55. The first-order chi connectivity index (χ1) is 12.1. The van der Waals surface area contributed by atoms with Crippen molar-refractivity contribution in [3.8, 4) is 10.8 Å². The smallest absolute Gasteiger partial charge is 0.409 e. The van der Waals surface area contributed by atoms with Crippen molar-refractivity contribution >= 4 is 23.3 Å². The van der Waals surface area contributed by atoms with E-state index in [0.717, 1.165) is 0 Å².